The van der Waals surface area contributed by atoms with Crippen LogP contribution in [0.1, 0.15) is 24.1 Å². The first kappa shape index (κ1) is 15.6. The molecule has 0 aliphatic heterocycles. The lowest BCUT2D eigenvalue weighted by Crippen LogP contribution is -2.18. The quantitative estimate of drug-likeness (QED) is 0.651. The van der Waals surface area contributed by atoms with E-state index in [2.05, 4.69) is 5.32 Å². The van der Waals surface area contributed by atoms with Gasteiger partial charge < -0.3 is 5.32 Å². The van der Waals surface area contributed by atoms with E-state index in [4.69, 9.17) is 0 Å². The van der Waals surface area contributed by atoms with E-state index in [9.17, 15) is 20.2 Å². The van der Waals surface area contributed by atoms with Crippen LogP contribution in [-0.4, -0.2) is 9.85 Å². The lowest BCUT2D eigenvalue weighted by Gasteiger charge is -2.14. The van der Waals surface area contributed by atoms with Crippen molar-refractivity contribution in [2.45, 2.75) is 19.5 Å². The molecule has 0 amide bonds. The van der Waals surface area contributed by atoms with Crippen LogP contribution >= 0.6 is 0 Å². The first-order chi connectivity index (χ1) is 10.5. The molecule has 0 radical (unpaired) electrons. The number of nitrogens with one attached hydrogen (secondary N) is 1. The molecule has 114 valence electrons. The Kier molecular flexibility index (Phi) is 4.80. The van der Waals surface area contributed by atoms with Gasteiger partial charge >= 0.3 is 0 Å². The van der Waals surface area contributed by atoms with Gasteiger partial charge in [0.15, 0.2) is 0 Å². The molecule has 2 rings (SSSR count). The van der Waals surface area contributed by atoms with Crippen LogP contribution in [0.2, 0.25) is 0 Å². The van der Waals surface area contributed by atoms with Crippen LogP contribution in [0.25, 0.3) is 0 Å². The fourth-order valence-corrected chi connectivity index (χ4v) is 2.10. The minimum atomic E-state index is -0.628. The van der Waals surface area contributed by atoms with E-state index in [1.807, 2.05) is 37.3 Å². The second kappa shape index (κ2) is 6.77. The third-order valence-corrected chi connectivity index (χ3v) is 3.30. The van der Waals surface area contributed by atoms with Gasteiger partial charge in [-0.15, -0.1) is 0 Å². The predicted molar refractivity (Wildman–Crippen MR) is 81.4 cm³/mol. The Morgan fingerprint density at radius 1 is 1.00 bits per heavy atom. The van der Waals surface area contributed by atoms with Crippen molar-refractivity contribution >= 4 is 11.4 Å². The molecular weight excluding hydrogens is 286 g/mol. The molecule has 0 aliphatic carbocycles. The average Bonchev–Trinajstić information content (AvgIpc) is 2.53. The Hall–Kier alpha value is -2.80. The summed E-state index contributed by atoms with van der Waals surface area (Å²) in [6.45, 7) is 2.26. The summed E-state index contributed by atoms with van der Waals surface area (Å²) in [6, 6.07) is 13.4. The summed E-state index contributed by atoms with van der Waals surface area (Å²) in [5.41, 5.74) is 1.02. The molecule has 1 atom stereocenters. The highest BCUT2D eigenvalue weighted by atomic mass is 16.6. The monoisotopic (exact) mass is 301 g/mol. The number of nitro groups is 2. The van der Waals surface area contributed by atoms with Crippen LogP contribution in [0.4, 0.5) is 11.4 Å². The number of non-ortho nitro benzene ring substituents is 2. The van der Waals surface area contributed by atoms with E-state index in [-0.39, 0.29) is 17.4 Å². The molecular formula is C15H15N3O4. The molecule has 0 saturated heterocycles. The molecule has 0 spiro atoms. The van der Waals surface area contributed by atoms with Gasteiger partial charge in [0, 0.05) is 24.7 Å². The molecule has 2 aromatic carbocycles. The standard InChI is InChI=1S/C15H15N3O4/c1-11(13-5-3-2-4-6-13)16-10-12-7-14(17(19)20)9-15(8-12)18(21)22/h2-9,11,16H,10H2,1H3/t11-/m1/s1. The Morgan fingerprint density at radius 2 is 1.55 bits per heavy atom. The molecule has 7 nitrogen and oxygen atoms in total. The van der Waals surface area contributed by atoms with Crippen LogP contribution in [0, 0.1) is 20.2 Å². The third-order valence-electron chi connectivity index (χ3n) is 3.30. The average molecular weight is 301 g/mol. The van der Waals surface area contributed by atoms with Crippen molar-refractivity contribution in [2.24, 2.45) is 0 Å². The van der Waals surface area contributed by atoms with Crippen molar-refractivity contribution in [1.29, 1.82) is 0 Å². The Morgan fingerprint density at radius 3 is 2.05 bits per heavy atom. The van der Waals surface area contributed by atoms with E-state index in [1.165, 1.54) is 12.1 Å². The number of rotatable bonds is 6. The van der Waals surface area contributed by atoms with Crippen molar-refractivity contribution in [2.75, 3.05) is 0 Å². The van der Waals surface area contributed by atoms with E-state index < -0.39 is 9.85 Å². The van der Waals surface area contributed by atoms with Gasteiger partial charge in [-0.25, -0.2) is 0 Å². The number of benzene rings is 2. The van der Waals surface area contributed by atoms with Gasteiger partial charge in [0.1, 0.15) is 0 Å². The van der Waals surface area contributed by atoms with Crippen LogP contribution in [0.3, 0.4) is 0 Å². The molecule has 0 bridgehead atoms. The summed E-state index contributed by atoms with van der Waals surface area (Å²) in [5.74, 6) is 0. The fourth-order valence-electron chi connectivity index (χ4n) is 2.10. The van der Waals surface area contributed by atoms with Gasteiger partial charge in [0.25, 0.3) is 11.4 Å². The van der Waals surface area contributed by atoms with Crippen LogP contribution in [0.15, 0.2) is 48.5 Å². The fraction of sp³-hybridized carbons (Fsp3) is 0.200. The maximum Gasteiger partial charge on any atom is 0.276 e. The summed E-state index contributed by atoms with van der Waals surface area (Å²) >= 11 is 0. The maximum atomic E-state index is 10.9. The van der Waals surface area contributed by atoms with Crippen molar-refractivity contribution in [3.8, 4) is 0 Å². The van der Waals surface area contributed by atoms with Crippen LogP contribution in [0.5, 0.6) is 0 Å². The van der Waals surface area contributed by atoms with Gasteiger partial charge in [-0.2, -0.15) is 0 Å². The first-order valence-electron chi connectivity index (χ1n) is 6.68. The molecule has 0 saturated carbocycles. The smallest absolute Gasteiger partial charge is 0.276 e. The number of hydrogen-bond acceptors (Lipinski definition) is 5. The number of nitro benzene ring substituents is 2. The highest BCUT2D eigenvalue weighted by Gasteiger charge is 2.16. The lowest BCUT2D eigenvalue weighted by molar-refractivity contribution is -0.394. The molecule has 0 fully saturated rings. The first-order valence-corrected chi connectivity index (χ1v) is 6.68. The SMILES string of the molecule is C[C@@H](NCc1cc([N+](=O)[O-])cc([N+](=O)[O-])c1)c1ccccc1. The van der Waals surface area contributed by atoms with Gasteiger partial charge in [-0.3, -0.25) is 20.2 Å². The molecule has 2 aromatic rings. The molecule has 7 heteroatoms. The molecule has 0 aliphatic rings. The zero-order valence-corrected chi connectivity index (χ0v) is 11.9. The molecule has 1 N–H and O–H groups in total. The normalized spacial score (nSPS) is 11.9. The third kappa shape index (κ3) is 3.86. The second-order valence-corrected chi connectivity index (χ2v) is 4.89. The van der Waals surface area contributed by atoms with E-state index in [0.717, 1.165) is 11.6 Å². The van der Waals surface area contributed by atoms with Gasteiger partial charge in [0.2, 0.25) is 0 Å². The minimum absolute atomic E-state index is 0.0273. The molecule has 22 heavy (non-hydrogen) atoms. The largest absolute Gasteiger partial charge is 0.306 e. The summed E-state index contributed by atoms with van der Waals surface area (Å²) < 4.78 is 0. The number of nitrogens with zero attached hydrogens (tertiary/aromatic N) is 2. The van der Waals surface area contributed by atoms with Gasteiger partial charge in [-0.05, 0) is 18.1 Å². The summed E-state index contributed by atoms with van der Waals surface area (Å²) in [5, 5.41) is 24.9. The Balaban J connectivity index is 2.15. The van der Waals surface area contributed by atoms with Gasteiger partial charge in [-0.1, -0.05) is 30.3 Å². The Bertz CT molecular complexity index is 656. The summed E-state index contributed by atoms with van der Waals surface area (Å²) in [4.78, 5) is 20.4. The number of hydrogen-bond donors (Lipinski definition) is 1. The van der Waals surface area contributed by atoms with Crippen molar-refractivity contribution < 1.29 is 9.85 Å². The van der Waals surface area contributed by atoms with E-state index >= 15 is 0 Å². The van der Waals surface area contributed by atoms with Crippen molar-refractivity contribution in [3.05, 3.63) is 79.9 Å². The molecule has 0 aromatic heterocycles. The van der Waals surface area contributed by atoms with E-state index in [1.54, 1.807) is 0 Å². The van der Waals surface area contributed by atoms with Gasteiger partial charge in [0.05, 0.1) is 15.9 Å². The zero-order valence-electron chi connectivity index (χ0n) is 11.9. The Labute approximate surface area is 126 Å². The van der Waals surface area contributed by atoms with Crippen molar-refractivity contribution in [1.82, 2.24) is 5.32 Å². The minimum Gasteiger partial charge on any atom is -0.306 e. The zero-order chi connectivity index (χ0) is 16.1. The predicted octanol–water partition coefficient (Wildman–Crippen LogP) is 3.35. The van der Waals surface area contributed by atoms with E-state index in [0.29, 0.717) is 12.1 Å². The molecule has 0 unspecified atom stereocenters. The van der Waals surface area contributed by atoms with Crippen LogP contribution < -0.4 is 5.32 Å². The lowest BCUT2D eigenvalue weighted by atomic mass is 10.1. The second-order valence-electron chi connectivity index (χ2n) is 4.89. The molecule has 0 heterocycles. The van der Waals surface area contributed by atoms with Crippen molar-refractivity contribution in [3.63, 3.8) is 0 Å². The topological polar surface area (TPSA) is 98.3 Å². The van der Waals surface area contributed by atoms with Crippen LogP contribution in [-0.2, 0) is 6.54 Å². The highest BCUT2D eigenvalue weighted by Crippen LogP contribution is 2.23. The highest BCUT2D eigenvalue weighted by molar-refractivity contribution is 5.46. The summed E-state index contributed by atoms with van der Waals surface area (Å²) in [7, 11) is 0. The maximum absolute atomic E-state index is 10.9. The summed E-state index contributed by atoms with van der Waals surface area (Å²) in [6.07, 6.45) is 0.